The van der Waals surface area contributed by atoms with Crippen LogP contribution in [0.5, 0.6) is 5.75 Å². The van der Waals surface area contributed by atoms with E-state index in [0.717, 1.165) is 10.9 Å². The van der Waals surface area contributed by atoms with Gasteiger partial charge in [0.15, 0.2) is 0 Å². The topological polar surface area (TPSA) is 26.3 Å². The predicted molar refractivity (Wildman–Crippen MR) is 132 cm³/mol. The molecule has 0 aromatic heterocycles. The summed E-state index contributed by atoms with van der Waals surface area (Å²) in [6, 6.07) is 6.97. The van der Waals surface area contributed by atoms with Gasteiger partial charge < -0.3 is 4.74 Å². The lowest BCUT2D eigenvalue weighted by Crippen LogP contribution is -2.43. The smallest absolute Gasteiger partial charge is 0.316 e. The Kier molecular flexibility index (Phi) is 7.43. The zero-order chi connectivity index (χ0) is 23.7. The normalized spacial score (nSPS) is 12.5. The molecular formula is C27H37FO2Si. The Labute approximate surface area is 188 Å². The van der Waals surface area contributed by atoms with Crippen molar-refractivity contribution in [3.05, 3.63) is 41.2 Å². The van der Waals surface area contributed by atoms with Crippen LogP contribution in [0.1, 0.15) is 73.4 Å². The number of hydrogen-bond acceptors (Lipinski definition) is 2. The Morgan fingerprint density at radius 2 is 1.55 bits per heavy atom. The summed E-state index contributed by atoms with van der Waals surface area (Å²) in [4.78, 5) is 12.6. The second kappa shape index (κ2) is 9.16. The molecule has 0 atom stereocenters. The van der Waals surface area contributed by atoms with Crippen LogP contribution in [0.25, 0.3) is 10.8 Å². The fraction of sp³-hybridized carbons (Fsp3) is 0.519. The molecule has 168 valence electrons. The van der Waals surface area contributed by atoms with Crippen molar-refractivity contribution in [2.75, 3.05) is 0 Å². The van der Waals surface area contributed by atoms with Crippen LogP contribution in [0.15, 0.2) is 24.3 Å². The summed E-state index contributed by atoms with van der Waals surface area (Å²) in [6.07, 6.45) is 0. The summed E-state index contributed by atoms with van der Waals surface area (Å²) in [5.74, 6) is 2.91. The molecule has 0 fully saturated rings. The van der Waals surface area contributed by atoms with E-state index in [9.17, 15) is 4.79 Å². The molecule has 2 aromatic carbocycles. The number of ether oxygens (including phenoxy) is 1. The molecule has 2 rings (SSSR count). The van der Waals surface area contributed by atoms with Crippen LogP contribution < -0.4 is 4.74 Å². The fourth-order valence-electron chi connectivity index (χ4n) is 4.60. The average molecular weight is 441 g/mol. The SMILES string of the molecule is Cc1cc(OC(=O)C(C)(C)C)c2c(C#C[Si](C(C)C)(C(C)C)C(C)C)c(F)ccc2c1. The molecule has 0 N–H and O–H groups in total. The molecule has 2 aromatic rings. The van der Waals surface area contributed by atoms with Crippen LogP contribution >= 0.6 is 0 Å². The van der Waals surface area contributed by atoms with E-state index in [2.05, 4.69) is 53.0 Å². The van der Waals surface area contributed by atoms with Gasteiger partial charge in [0.2, 0.25) is 0 Å². The van der Waals surface area contributed by atoms with Crippen molar-refractivity contribution < 1.29 is 13.9 Å². The molecule has 2 nitrogen and oxygen atoms in total. The number of aryl methyl sites for hydroxylation is 1. The molecule has 31 heavy (non-hydrogen) atoms. The van der Waals surface area contributed by atoms with Crippen LogP contribution in [0.2, 0.25) is 16.6 Å². The first-order chi connectivity index (χ1) is 14.2. The first-order valence-corrected chi connectivity index (χ1v) is 13.4. The van der Waals surface area contributed by atoms with Crippen LogP contribution in [0.4, 0.5) is 4.39 Å². The minimum Gasteiger partial charge on any atom is -0.425 e. The molecule has 4 heteroatoms. The standard InChI is InChI=1S/C27H37FO2Si/c1-17(2)31(18(3)4,19(5)6)14-13-22-23(28)12-11-21-15-20(7)16-24(25(21)22)30-26(29)27(8,9)10/h11-12,15-19H,1-10H3. The van der Waals surface area contributed by atoms with Gasteiger partial charge in [0.05, 0.1) is 11.0 Å². The third kappa shape index (κ3) is 5.04. The van der Waals surface area contributed by atoms with Crippen molar-refractivity contribution in [1.82, 2.24) is 0 Å². The molecule has 0 aliphatic heterocycles. The number of carbonyl (C=O) groups excluding carboxylic acids is 1. The first kappa shape index (κ1) is 25.1. The van der Waals surface area contributed by atoms with Gasteiger partial charge in [-0.15, -0.1) is 5.54 Å². The van der Waals surface area contributed by atoms with Gasteiger partial charge in [0.1, 0.15) is 19.6 Å². The molecule has 0 radical (unpaired) electrons. The minimum absolute atomic E-state index is 0.327. The van der Waals surface area contributed by atoms with Gasteiger partial charge >= 0.3 is 5.97 Å². The molecule has 0 saturated heterocycles. The highest BCUT2D eigenvalue weighted by atomic mass is 28.3. The third-order valence-electron chi connectivity index (χ3n) is 6.26. The highest BCUT2D eigenvalue weighted by molar-refractivity contribution is 6.90. The summed E-state index contributed by atoms with van der Waals surface area (Å²) in [6.45, 7) is 20.8. The van der Waals surface area contributed by atoms with Gasteiger partial charge in [0, 0.05) is 5.39 Å². The number of esters is 1. The lowest BCUT2D eigenvalue weighted by molar-refractivity contribution is -0.142. The lowest BCUT2D eigenvalue weighted by atomic mass is 9.97. The molecule has 0 spiro atoms. The Bertz CT molecular complexity index is 1010. The Morgan fingerprint density at radius 1 is 1.00 bits per heavy atom. The van der Waals surface area contributed by atoms with Gasteiger partial charge in [0.25, 0.3) is 0 Å². The molecule has 0 aliphatic carbocycles. The van der Waals surface area contributed by atoms with Crippen LogP contribution in [0, 0.1) is 29.6 Å². The zero-order valence-electron chi connectivity index (χ0n) is 20.7. The minimum atomic E-state index is -2.05. The molecule has 0 saturated carbocycles. The second-order valence-corrected chi connectivity index (χ2v) is 16.2. The highest BCUT2D eigenvalue weighted by Crippen LogP contribution is 2.41. The molecular weight excluding hydrogens is 403 g/mol. The van der Waals surface area contributed by atoms with Crippen molar-refractivity contribution >= 4 is 24.8 Å². The number of carbonyl (C=O) groups is 1. The maximum atomic E-state index is 15.1. The van der Waals surface area contributed by atoms with Gasteiger partial charge in [-0.3, -0.25) is 4.79 Å². The number of fused-ring (bicyclic) bond motifs is 1. The van der Waals surface area contributed by atoms with E-state index >= 15 is 4.39 Å². The van der Waals surface area contributed by atoms with E-state index in [4.69, 9.17) is 4.74 Å². The maximum Gasteiger partial charge on any atom is 0.316 e. The number of hydrogen-bond donors (Lipinski definition) is 0. The number of halogens is 1. The molecule has 0 aliphatic rings. The van der Waals surface area contributed by atoms with E-state index in [0.29, 0.717) is 33.3 Å². The van der Waals surface area contributed by atoms with Crippen LogP contribution in [-0.4, -0.2) is 14.0 Å². The molecule has 0 amide bonds. The Morgan fingerprint density at radius 3 is 2.03 bits per heavy atom. The lowest BCUT2D eigenvalue weighted by Gasteiger charge is -2.38. The summed E-state index contributed by atoms with van der Waals surface area (Å²) >= 11 is 0. The van der Waals surface area contributed by atoms with Crippen LogP contribution in [-0.2, 0) is 4.79 Å². The molecule has 0 bridgehead atoms. The summed E-state index contributed by atoms with van der Waals surface area (Å²) < 4.78 is 20.9. The van der Waals surface area contributed by atoms with E-state index in [1.807, 2.05) is 33.8 Å². The van der Waals surface area contributed by atoms with Gasteiger partial charge in [-0.1, -0.05) is 59.6 Å². The van der Waals surface area contributed by atoms with Gasteiger partial charge in [-0.2, -0.15) is 0 Å². The van der Waals surface area contributed by atoms with Crippen molar-refractivity contribution in [1.29, 1.82) is 0 Å². The van der Waals surface area contributed by atoms with Gasteiger partial charge in [-0.25, -0.2) is 4.39 Å². The Hall–Kier alpha value is -2.12. The average Bonchev–Trinajstić information content (AvgIpc) is 2.62. The second-order valence-electron chi connectivity index (χ2n) is 10.6. The third-order valence-corrected chi connectivity index (χ3v) is 12.6. The first-order valence-electron chi connectivity index (χ1n) is 11.2. The van der Waals surface area contributed by atoms with E-state index in [1.54, 1.807) is 12.1 Å². The van der Waals surface area contributed by atoms with Gasteiger partial charge in [-0.05, 0) is 67.4 Å². The van der Waals surface area contributed by atoms with Crippen molar-refractivity contribution in [2.24, 2.45) is 5.41 Å². The van der Waals surface area contributed by atoms with E-state index in [1.165, 1.54) is 6.07 Å². The van der Waals surface area contributed by atoms with E-state index in [-0.39, 0.29) is 11.8 Å². The largest absolute Gasteiger partial charge is 0.425 e. The molecule has 0 heterocycles. The summed E-state index contributed by atoms with van der Waals surface area (Å²) in [5, 5.41) is 1.41. The fourth-order valence-corrected chi connectivity index (χ4v) is 9.81. The predicted octanol–water partition coefficient (Wildman–Crippen LogP) is 7.81. The van der Waals surface area contributed by atoms with Crippen molar-refractivity contribution in [3.63, 3.8) is 0 Å². The maximum absolute atomic E-state index is 15.1. The highest BCUT2D eigenvalue weighted by Gasteiger charge is 2.41. The summed E-state index contributed by atoms with van der Waals surface area (Å²) in [7, 11) is -2.05. The van der Waals surface area contributed by atoms with Crippen molar-refractivity contribution in [2.45, 2.75) is 85.9 Å². The van der Waals surface area contributed by atoms with Crippen LogP contribution in [0.3, 0.4) is 0 Å². The monoisotopic (exact) mass is 440 g/mol. The Balaban J connectivity index is 2.82. The zero-order valence-corrected chi connectivity index (χ0v) is 21.7. The van der Waals surface area contributed by atoms with E-state index < -0.39 is 13.5 Å². The van der Waals surface area contributed by atoms with Crippen molar-refractivity contribution in [3.8, 4) is 17.2 Å². The number of benzene rings is 2. The number of rotatable bonds is 4. The quantitative estimate of drug-likeness (QED) is 0.210. The summed E-state index contributed by atoms with van der Waals surface area (Å²) in [5.41, 5.74) is 5.56. The molecule has 0 unspecified atom stereocenters.